The van der Waals surface area contributed by atoms with Gasteiger partial charge in [0.15, 0.2) is 0 Å². The molecular formula is C14H23NO3. The van der Waals surface area contributed by atoms with E-state index in [1.54, 1.807) is 0 Å². The van der Waals surface area contributed by atoms with Crippen LogP contribution in [0.15, 0.2) is 0 Å². The van der Waals surface area contributed by atoms with Gasteiger partial charge in [0.05, 0.1) is 12.6 Å². The van der Waals surface area contributed by atoms with Gasteiger partial charge < -0.3 is 5.11 Å². The van der Waals surface area contributed by atoms with Crippen molar-refractivity contribution in [2.75, 3.05) is 6.54 Å². The van der Waals surface area contributed by atoms with E-state index in [0.717, 1.165) is 25.7 Å². The number of hydrogen-bond donors (Lipinski definition) is 1. The second-order valence-corrected chi connectivity index (χ2v) is 5.88. The number of hydrogen-bond acceptors (Lipinski definition) is 3. The van der Waals surface area contributed by atoms with Crippen LogP contribution in [-0.4, -0.2) is 34.5 Å². The fourth-order valence-electron chi connectivity index (χ4n) is 3.09. The summed E-state index contributed by atoms with van der Waals surface area (Å²) in [5.74, 6) is 0.175. The predicted molar refractivity (Wildman–Crippen MR) is 67.7 cm³/mol. The van der Waals surface area contributed by atoms with E-state index < -0.39 is 6.10 Å². The first-order chi connectivity index (χ1) is 8.58. The van der Waals surface area contributed by atoms with Crippen LogP contribution in [0.5, 0.6) is 0 Å². The Kier molecular flexibility index (Phi) is 4.38. The van der Waals surface area contributed by atoms with E-state index in [0.29, 0.717) is 12.8 Å². The third kappa shape index (κ3) is 3.10. The van der Waals surface area contributed by atoms with Crippen LogP contribution in [0.1, 0.15) is 51.9 Å². The van der Waals surface area contributed by atoms with Gasteiger partial charge in [-0.1, -0.05) is 26.2 Å². The number of nitrogens with zero attached hydrogens (tertiary/aromatic N) is 1. The lowest BCUT2D eigenvalue weighted by Gasteiger charge is -2.33. The molecule has 0 radical (unpaired) electrons. The number of rotatable bonds is 3. The normalized spacial score (nSPS) is 25.6. The highest BCUT2D eigenvalue weighted by molar-refractivity contribution is 5.97. The number of carbonyl (C=O) groups is 2. The number of β-amino-alcohol motifs (C(OH)–C–C–N with tert-alkyl or cyclic N) is 1. The zero-order chi connectivity index (χ0) is 13.1. The molecule has 4 nitrogen and oxygen atoms in total. The number of amides is 2. The summed E-state index contributed by atoms with van der Waals surface area (Å²) in [5, 5.41) is 10.2. The van der Waals surface area contributed by atoms with Gasteiger partial charge >= 0.3 is 0 Å². The fourth-order valence-corrected chi connectivity index (χ4v) is 3.09. The van der Waals surface area contributed by atoms with Gasteiger partial charge in [-0.25, -0.2) is 0 Å². The van der Waals surface area contributed by atoms with E-state index in [1.807, 2.05) is 6.92 Å². The molecule has 1 N–H and O–H groups in total. The predicted octanol–water partition coefficient (Wildman–Crippen LogP) is 1.71. The molecular weight excluding hydrogens is 230 g/mol. The molecule has 0 bridgehead atoms. The minimum atomic E-state index is -0.536. The topological polar surface area (TPSA) is 57.6 Å². The molecule has 4 heteroatoms. The van der Waals surface area contributed by atoms with Crippen LogP contribution >= 0.6 is 0 Å². The van der Waals surface area contributed by atoms with Gasteiger partial charge in [0, 0.05) is 12.8 Å². The van der Waals surface area contributed by atoms with Crippen LogP contribution in [-0.2, 0) is 9.59 Å². The highest BCUT2D eigenvalue weighted by atomic mass is 16.3. The van der Waals surface area contributed by atoms with E-state index in [1.165, 1.54) is 11.3 Å². The maximum atomic E-state index is 11.8. The van der Waals surface area contributed by atoms with Crippen LogP contribution in [0.3, 0.4) is 0 Å². The van der Waals surface area contributed by atoms with Crippen LogP contribution in [0, 0.1) is 11.8 Å². The summed E-state index contributed by atoms with van der Waals surface area (Å²) < 4.78 is 0. The van der Waals surface area contributed by atoms with E-state index in [4.69, 9.17) is 0 Å². The van der Waals surface area contributed by atoms with Crippen LogP contribution < -0.4 is 0 Å². The molecule has 1 aliphatic carbocycles. The molecule has 18 heavy (non-hydrogen) atoms. The quantitative estimate of drug-likeness (QED) is 0.779. The van der Waals surface area contributed by atoms with Crippen LogP contribution in [0.4, 0.5) is 0 Å². The summed E-state index contributed by atoms with van der Waals surface area (Å²) in [6.45, 7) is 2.12. The van der Waals surface area contributed by atoms with Crippen molar-refractivity contribution in [1.82, 2.24) is 4.90 Å². The molecule has 102 valence electrons. The average molecular weight is 253 g/mol. The monoisotopic (exact) mass is 253 g/mol. The lowest BCUT2D eigenvalue weighted by atomic mass is 9.85. The maximum absolute atomic E-state index is 11.8. The minimum Gasteiger partial charge on any atom is -0.391 e. The Morgan fingerprint density at radius 1 is 1.17 bits per heavy atom. The van der Waals surface area contributed by atoms with Gasteiger partial charge in [-0.3, -0.25) is 14.5 Å². The number of piperidine rings is 1. The Bertz CT molecular complexity index is 305. The van der Waals surface area contributed by atoms with Crippen molar-refractivity contribution >= 4 is 11.8 Å². The first-order valence-corrected chi connectivity index (χ1v) is 7.09. The summed E-state index contributed by atoms with van der Waals surface area (Å²) >= 11 is 0. The SMILES string of the molecule is CC1CC(=O)N(CC(O)C2CCCCC2)C(=O)C1. The van der Waals surface area contributed by atoms with Crippen molar-refractivity contribution in [2.24, 2.45) is 11.8 Å². The summed E-state index contributed by atoms with van der Waals surface area (Å²) in [5.41, 5.74) is 0. The van der Waals surface area contributed by atoms with Crippen molar-refractivity contribution in [3.05, 3.63) is 0 Å². The highest BCUT2D eigenvalue weighted by Crippen LogP contribution is 2.28. The first kappa shape index (κ1) is 13.5. The molecule has 0 aromatic carbocycles. The number of imide groups is 1. The van der Waals surface area contributed by atoms with Gasteiger partial charge in [-0.15, -0.1) is 0 Å². The zero-order valence-corrected chi connectivity index (χ0v) is 11.1. The van der Waals surface area contributed by atoms with Crippen molar-refractivity contribution in [1.29, 1.82) is 0 Å². The van der Waals surface area contributed by atoms with Crippen LogP contribution in [0.25, 0.3) is 0 Å². The van der Waals surface area contributed by atoms with Crippen LogP contribution in [0.2, 0.25) is 0 Å². The van der Waals surface area contributed by atoms with E-state index in [-0.39, 0.29) is 30.2 Å². The van der Waals surface area contributed by atoms with Crippen molar-refractivity contribution < 1.29 is 14.7 Å². The highest BCUT2D eigenvalue weighted by Gasteiger charge is 2.33. The molecule has 2 aliphatic rings. The molecule has 1 saturated heterocycles. The summed E-state index contributed by atoms with van der Waals surface area (Å²) in [7, 11) is 0. The van der Waals surface area contributed by atoms with Crippen molar-refractivity contribution in [3.63, 3.8) is 0 Å². The fraction of sp³-hybridized carbons (Fsp3) is 0.857. The van der Waals surface area contributed by atoms with Crippen molar-refractivity contribution in [2.45, 2.75) is 58.0 Å². The number of aliphatic hydroxyl groups excluding tert-OH is 1. The lowest BCUT2D eigenvalue weighted by molar-refractivity contribution is -0.152. The lowest BCUT2D eigenvalue weighted by Crippen LogP contribution is -2.48. The Morgan fingerprint density at radius 2 is 1.72 bits per heavy atom. The Morgan fingerprint density at radius 3 is 2.28 bits per heavy atom. The molecule has 2 rings (SSSR count). The smallest absolute Gasteiger partial charge is 0.229 e. The Labute approximate surface area is 108 Å². The number of carbonyl (C=O) groups excluding carboxylic acids is 2. The molecule has 2 amide bonds. The van der Waals surface area contributed by atoms with E-state index in [9.17, 15) is 14.7 Å². The zero-order valence-electron chi connectivity index (χ0n) is 11.1. The Hall–Kier alpha value is -0.900. The number of likely N-dealkylation sites (tertiary alicyclic amines) is 1. The van der Waals surface area contributed by atoms with Gasteiger partial charge in [0.2, 0.25) is 11.8 Å². The molecule has 1 saturated carbocycles. The van der Waals surface area contributed by atoms with Gasteiger partial charge in [0.1, 0.15) is 0 Å². The molecule has 2 fully saturated rings. The molecule has 1 aliphatic heterocycles. The summed E-state index contributed by atoms with van der Waals surface area (Å²) in [6.07, 6.45) is 5.92. The third-order valence-corrected chi connectivity index (χ3v) is 4.21. The third-order valence-electron chi connectivity index (χ3n) is 4.21. The van der Waals surface area contributed by atoms with Gasteiger partial charge in [-0.05, 0) is 24.7 Å². The average Bonchev–Trinajstić information content (AvgIpc) is 2.34. The minimum absolute atomic E-state index is 0.117. The Balaban J connectivity index is 1.91. The standard InChI is InChI=1S/C14H23NO3/c1-10-7-13(17)15(14(18)8-10)9-12(16)11-5-3-2-4-6-11/h10-12,16H,2-9H2,1H3. The molecule has 0 aromatic heterocycles. The van der Waals surface area contributed by atoms with E-state index >= 15 is 0 Å². The summed E-state index contributed by atoms with van der Waals surface area (Å²) in [4.78, 5) is 24.9. The molecule has 0 aromatic rings. The molecule has 1 atom stereocenters. The summed E-state index contributed by atoms with van der Waals surface area (Å²) in [6, 6.07) is 0. The van der Waals surface area contributed by atoms with Gasteiger partial charge in [-0.2, -0.15) is 0 Å². The second-order valence-electron chi connectivity index (χ2n) is 5.88. The largest absolute Gasteiger partial charge is 0.391 e. The molecule has 0 spiro atoms. The second kappa shape index (κ2) is 5.83. The first-order valence-electron chi connectivity index (χ1n) is 7.09. The van der Waals surface area contributed by atoms with Gasteiger partial charge in [0.25, 0.3) is 0 Å². The van der Waals surface area contributed by atoms with Crippen molar-refractivity contribution in [3.8, 4) is 0 Å². The number of aliphatic hydroxyl groups is 1. The van der Waals surface area contributed by atoms with E-state index in [2.05, 4.69) is 0 Å². The maximum Gasteiger partial charge on any atom is 0.229 e. The molecule has 1 unspecified atom stereocenters. The molecule has 1 heterocycles.